The standard InChI is InChI=1S/C34H35F3N6O4S/c1-21(2)28-18-27(46-4)15-16-29(28)43-30(44)19-48-33(43)40-32(45)38-17-5-6-22(3)23-7-9-24(10-8-23)31-39-20-42(41-31)25-11-13-26(14-12-25)47-34(35,36)37/h7-16,18,20-22H,5-6,17,19H2,1-4H3,(H,38,45). The monoisotopic (exact) mass is 680 g/mol. The van der Waals surface area contributed by atoms with Crippen LogP contribution in [0.4, 0.5) is 23.7 Å². The highest BCUT2D eigenvalue weighted by Gasteiger charge is 2.33. The SMILES string of the molecule is COc1ccc(N2C(=O)CSC2=NC(=O)NCCCC(C)c2ccc(-c3ncn(-c4ccc(OC(F)(F)F)cc4)n3)cc2)c(C(C)C)c1. The Morgan fingerprint density at radius 3 is 2.42 bits per heavy atom. The number of hydrogen-bond acceptors (Lipinski definition) is 7. The summed E-state index contributed by atoms with van der Waals surface area (Å²) in [6.45, 7) is 6.61. The van der Waals surface area contributed by atoms with Gasteiger partial charge in [0, 0.05) is 12.1 Å². The van der Waals surface area contributed by atoms with Gasteiger partial charge in [0.1, 0.15) is 17.8 Å². The van der Waals surface area contributed by atoms with Gasteiger partial charge in [-0.2, -0.15) is 4.99 Å². The highest BCUT2D eigenvalue weighted by atomic mass is 32.2. The molecule has 48 heavy (non-hydrogen) atoms. The Balaban J connectivity index is 1.12. The average Bonchev–Trinajstić information content (AvgIpc) is 3.69. The number of halogens is 3. The van der Waals surface area contributed by atoms with Crippen molar-refractivity contribution >= 4 is 34.6 Å². The molecule has 1 aliphatic heterocycles. The van der Waals surface area contributed by atoms with Gasteiger partial charge in [-0.05, 0) is 78.3 Å². The van der Waals surface area contributed by atoms with E-state index in [-0.39, 0.29) is 29.2 Å². The number of hydrogen-bond donors (Lipinski definition) is 1. The maximum atomic E-state index is 12.8. The fraction of sp³-hybridized carbons (Fsp3) is 0.324. The molecule has 0 spiro atoms. The van der Waals surface area contributed by atoms with Crippen LogP contribution in [0, 0.1) is 0 Å². The van der Waals surface area contributed by atoms with E-state index < -0.39 is 12.4 Å². The predicted molar refractivity (Wildman–Crippen MR) is 179 cm³/mol. The van der Waals surface area contributed by atoms with Gasteiger partial charge in [-0.25, -0.2) is 14.5 Å². The third-order valence-corrected chi connectivity index (χ3v) is 8.64. The van der Waals surface area contributed by atoms with Crippen LogP contribution in [-0.2, 0) is 4.79 Å². The first-order chi connectivity index (χ1) is 22.9. The zero-order valence-corrected chi connectivity index (χ0v) is 27.6. The van der Waals surface area contributed by atoms with Gasteiger partial charge in [0.05, 0.1) is 24.2 Å². The zero-order chi connectivity index (χ0) is 34.4. The number of rotatable bonds is 11. The largest absolute Gasteiger partial charge is 0.573 e. The van der Waals surface area contributed by atoms with Gasteiger partial charge in [-0.1, -0.05) is 56.8 Å². The van der Waals surface area contributed by atoms with E-state index in [1.54, 1.807) is 13.2 Å². The van der Waals surface area contributed by atoms with Crippen molar-refractivity contribution in [3.8, 4) is 28.6 Å². The Labute approximate surface area is 280 Å². The van der Waals surface area contributed by atoms with E-state index in [0.29, 0.717) is 34.7 Å². The second kappa shape index (κ2) is 14.9. The molecular weight excluding hydrogens is 645 g/mol. The van der Waals surface area contributed by atoms with Crippen LogP contribution in [0.2, 0.25) is 0 Å². The van der Waals surface area contributed by atoms with Gasteiger partial charge in [0.15, 0.2) is 11.0 Å². The fourth-order valence-corrected chi connectivity index (χ4v) is 6.04. The van der Waals surface area contributed by atoms with Crippen molar-refractivity contribution < 1.29 is 32.2 Å². The molecule has 1 unspecified atom stereocenters. The molecular formula is C34H35F3N6O4S. The molecule has 1 fully saturated rings. The van der Waals surface area contributed by atoms with Crippen molar-refractivity contribution in [1.82, 2.24) is 20.1 Å². The number of carbonyl (C=O) groups is 2. The number of methoxy groups -OCH3 is 1. The van der Waals surface area contributed by atoms with Crippen LogP contribution in [0.5, 0.6) is 11.5 Å². The maximum Gasteiger partial charge on any atom is 0.573 e. The molecule has 1 aromatic heterocycles. The summed E-state index contributed by atoms with van der Waals surface area (Å²) in [6.07, 6.45) is -1.72. The summed E-state index contributed by atoms with van der Waals surface area (Å²) in [5.41, 5.74) is 4.07. The summed E-state index contributed by atoms with van der Waals surface area (Å²) in [6, 6.07) is 18.2. The molecule has 4 aromatic rings. The highest BCUT2D eigenvalue weighted by Crippen LogP contribution is 2.36. The minimum absolute atomic E-state index is 0.126. The number of aliphatic imine (C=N–C) groups is 1. The van der Waals surface area contributed by atoms with Gasteiger partial charge >= 0.3 is 12.4 Å². The average molecular weight is 681 g/mol. The Kier molecular flexibility index (Phi) is 10.7. The van der Waals surface area contributed by atoms with Crippen LogP contribution >= 0.6 is 11.8 Å². The van der Waals surface area contributed by atoms with Crippen molar-refractivity contribution in [2.24, 2.45) is 4.99 Å². The topological polar surface area (TPSA) is 111 Å². The zero-order valence-electron chi connectivity index (χ0n) is 26.8. The number of amides is 3. The van der Waals surface area contributed by atoms with E-state index in [2.05, 4.69) is 32.1 Å². The molecule has 0 bridgehead atoms. The molecule has 3 amide bonds. The molecule has 0 aliphatic carbocycles. The lowest BCUT2D eigenvalue weighted by molar-refractivity contribution is -0.274. The highest BCUT2D eigenvalue weighted by molar-refractivity contribution is 8.15. The summed E-state index contributed by atoms with van der Waals surface area (Å²) in [7, 11) is 1.59. The lowest BCUT2D eigenvalue weighted by atomic mass is 9.95. The number of anilines is 1. The molecule has 1 atom stereocenters. The summed E-state index contributed by atoms with van der Waals surface area (Å²) in [5.74, 6) is 1.28. The van der Waals surface area contributed by atoms with E-state index in [1.165, 1.54) is 51.9 Å². The van der Waals surface area contributed by atoms with Gasteiger partial charge in [0.25, 0.3) is 0 Å². The Morgan fingerprint density at radius 1 is 1.04 bits per heavy atom. The van der Waals surface area contributed by atoms with Crippen LogP contribution in [-0.4, -0.2) is 57.6 Å². The molecule has 14 heteroatoms. The number of amidine groups is 1. The van der Waals surface area contributed by atoms with E-state index in [1.807, 2.05) is 50.2 Å². The third-order valence-electron chi connectivity index (χ3n) is 7.71. The van der Waals surface area contributed by atoms with Gasteiger partial charge in [-0.3, -0.25) is 9.69 Å². The minimum atomic E-state index is -4.75. The predicted octanol–water partition coefficient (Wildman–Crippen LogP) is 7.69. The molecule has 1 aliphatic rings. The molecule has 252 valence electrons. The quantitative estimate of drug-likeness (QED) is 0.162. The van der Waals surface area contributed by atoms with Crippen molar-refractivity contribution in [3.05, 3.63) is 84.2 Å². The fourth-order valence-electron chi connectivity index (χ4n) is 5.19. The third kappa shape index (κ3) is 8.54. The Morgan fingerprint density at radius 2 is 1.75 bits per heavy atom. The molecule has 0 saturated carbocycles. The molecule has 1 N–H and O–H groups in total. The van der Waals surface area contributed by atoms with Gasteiger partial charge < -0.3 is 14.8 Å². The van der Waals surface area contributed by atoms with E-state index >= 15 is 0 Å². The molecule has 3 aromatic carbocycles. The van der Waals surface area contributed by atoms with E-state index in [0.717, 1.165) is 29.5 Å². The number of nitrogens with zero attached hydrogens (tertiary/aromatic N) is 5. The summed E-state index contributed by atoms with van der Waals surface area (Å²) in [4.78, 5) is 35.6. The smallest absolute Gasteiger partial charge is 0.497 e. The van der Waals surface area contributed by atoms with Gasteiger partial charge in [0.2, 0.25) is 5.91 Å². The van der Waals surface area contributed by atoms with Crippen molar-refractivity contribution in [1.29, 1.82) is 0 Å². The number of thioether (sulfide) groups is 1. The number of alkyl halides is 3. The molecule has 0 radical (unpaired) electrons. The summed E-state index contributed by atoms with van der Waals surface area (Å²) in [5, 5.41) is 7.65. The van der Waals surface area contributed by atoms with Crippen LogP contribution in [0.25, 0.3) is 17.1 Å². The molecule has 2 heterocycles. The number of carbonyl (C=O) groups excluding carboxylic acids is 2. The molecule has 1 saturated heterocycles. The normalized spacial score (nSPS) is 14.9. The first-order valence-corrected chi connectivity index (χ1v) is 16.3. The van der Waals surface area contributed by atoms with Crippen LogP contribution in [0.1, 0.15) is 56.6 Å². The molecule has 10 nitrogen and oxygen atoms in total. The second-order valence-corrected chi connectivity index (χ2v) is 12.4. The number of aromatic nitrogens is 3. The van der Waals surface area contributed by atoms with Crippen LogP contribution in [0.15, 0.2) is 78.0 Å². The maximum absolute atomic E-state index is 12.8. The van der Waals surface area contributed by atoms with E-state index in [9.17, 15) is 22.8 Å². The van der Waals surface area contributed by atoms with Crippen molar-refractivity contribution in [2.45, 2.75) is 51.8 Å². The number of urea groups is 1. The second-order valence-electron chi connectivity index (χ2n) is 11.4. The number of nitrogens with one attached hydrogen (secondary N) is 1. The van der Waals surface area contributed by atoms with Crippen molar-refractivity contribution in [2.75, 3.05) is 24.3 Å². The lowest BCUT2D eigenvalue weighted by Crippen LogP contribution is -2.32. The van der Waals surface area contributed by atoms with Crippen LogP contribution in [0.3, 0.4) is 0 Å². The first kappa shape index (κ1) is 34.5. The Hall–Kier alpha value is -4.85. The lowest BCUT2D eigenvalue weighted by Gasteiger charge is -2.22. The first-order valence-electron chi connectivity index (χ1n) is 15.3. The van der Waals surface area contributed by atoms with Gasteiger partial charge in [-0.15, -0.1) is 18.3 Å². The summed E-state index contributed by atoms with van der Waals surface area (Å²) >= 11 is 1.24. The van der Waals surface area contributed by atoms with Crippen molar-refractivity contribution in [3.63, 3.8) is 0 Å². The number of ether oxygens (including phenoxy) is 2. The molecule has 5 rings (SSSR count). The Bertz CT molecular complexity index is 1770. The summed E-state index contributed by atoms with van der Waals surface area (Å²) < 4.78 is 48.0. The van der Waals surface area contributed by atoms with Crippen LogP contribution < -0.4 is 19.7 Å². The minimum Gasteiger partial charge on any atom is -0.497 e. The number of benzene rings is 3. The van der Waals surface area contributed by atoms with E-state index in [4.69, 9.17) is 4.74 Å².